The van der Waals surface area contributed by atoms with Crippen LogP contribution in [0.15, 0.2) is 0 Å². The van der Waals surface area contributed by atoms with Gasteiger partial charge in [-0.15, -0.1) is 0 Å². The lowest BCUT2D eigenvalue weighted by atomic mass is 10.0. The van der Waals surface area contributed by atoms with Gasteiger partial charge in [0, 0.05) is 13.0 Å². The van der Waals surface area contributed by atoms with Crippen LogP contribution in [0.4, 0.5) is 0 Å². The second-order valence-corrected chi connectivity index (χ2v) is 4.55. The van der Waals surface area contributed by atoms with Crippen molar-refractivity contribution in [2.45, 2.75) is 46.0 Å². The highest BCUT2D eigenvalue weighted by Gasteiger charge is 2.17. The zero-order chi connectivity index (χ0) is 9.68. The van der Waals surface area contributed by atoms with Crippen molar-refractivity contribution in [1.29, 1.82) is 0 Å². The fourth-order valence-corrected chi connectivity index (χ4v) is 1.87. The van der Waals surface area contributed by atoms with E-state index >= 15 is 0 Å². The molecule has 2 heteroatoms. The number of nitrogens with one attached hydrogen (secondary N) is 1. The van der Waals surface area contributed by atoms with Gasteiger partial charge in [0.15, 0.2) is 0 Å². The van der Waals surface area contributed by atoms with E-state index in [1.165, 1.54) is 25.7 Å². The minimum atomic E-state index is 0.251. The molecule has 0 spiro atoms. The van der Waals surface area contributed by atoms with E-state index in [1.807, 2.05) is 0 Å². The Kier molecular flexibility index (Phi) is 4.26. The monoisotopic (exact) mass is 183 g/mol. The van der Waals surface area contributed by atoms with Gasteiger partial charge in [-0.05, 0) is 24.7 Å². The van der Waals surface area contributed by atoms with Gasteiger partial charge in [-0.3, -0.25) is 4.79 Å². The molecule has 1 aliphatic rings. The molecule has 0 aromatic rings. The molecule has 13 heavy (non-hydrogen) atoms. The Balaban J connectivity index is 2.09. The summed E-state index contributed by atoms with van der Waals surface area (Å²) in [6, 6.07) is 0. The molecule has 0 unspecified atom stereocenters. The minimum absolute atomic E-state index is 0.251. The van der Waals surface area contributed by atoms with E-state index in [-0.39, 0.29) is 5.91 Å². The van der Waals surface area contributed by atoms with Crippen molar-refractivity contribution in [3.63, 3.8) is 0 Å². The van der Waals surface area contributed by atoms with Crippen LogP contribution in [0.25, 0.3) is 0 Å². The molecule has 0 radical (unpaired) electrons. The maximum absolute atomic E-state index is 11.4. The van der Waals surface area contributed by atoms with Crippen molar-refractivity contribution < 1.29 is 4.79 Å². The van der Waals surface area contributed by atoms with Gasteiger partial charge in [0.25, 0.3) is 0 Å². The number of rotatable bonds is 4. The Labute approximate surface area is 81.1 Å². The third-order valence-corrected chi connectivity index (χ3v) is 2.66. The lowest BCUT2D eigenvalue weighted by Crippen LogP contribution is -2.28. The molecule has 1 N–H and O–H groups in total. The van der Waals surface area contributed by atoms with Crippen molar-refractivity contribution in [3.8, 4) is 0 Å². The standard InChI is InChI=1S/C11H21NO/c1-9(2)8-12-11(13)7-10-5-3-4-6-10/h9-10H,3-8H2,1-2H3,(H,12,13). The molecule has 0 bridgehead atoms. The largest absolute Gasteiger partial charge is 0.356 e. The van der Waals surface area contributed by atoms with Crippen molar-refractivity contribution in [1.82, 2.24) is 5.32 Å². The van der Waals surface area contributed by atoms with Crippen LogP contribution in [0, 0.1) is 11.8 Å². The maximum Gasteiger partial charge on any atom is 0.220 e. The van der Waals surface area contributed by atoms with Gasteiger partial charge in [0.1, 0.15) is 0 Å². The summed E-state index contributed by atoms with van der Waals surface area (Å²) in [5.41, 5.74) is 0. The van der Waals surface area contributed by atoms with Crippen molar-refractivity contribution in [3.05, 3.63) is 0 Å². The molecular weight excluding hydrogens is 162 g/mol. The molecule has 0 heterocycles. The second kappa shape index (κ2) is 5.25. The number of hydrogen-bond donors (Lipinski definition) is 1. The van der Waals surface area contributed by atoms with E-state index in [2.05, 4.69) is 19.2 Å². The van der Waals surface area contributed by atoms with Gasteiger partial charge < -0.3 is 5.32 Å². The van der Waals surface area contributed by atoms with Crippen LogP contribution < -0.4 is 5.32 Å². The molecule has 0 aromatic heterocycles. The number of carbonyl (C=O) groups excluding carboxylic acids is 1. The molecule has 0 aromatic carbocycles. The van der Waals surface area contributed by atoms with E-state index in [4.69, 9.17) is 0 Å². The minimum Gasteiger partial charge on any atom is -0.356 e. The SMILES string of the molecule is CC(C)CNC(=O)CC1CCCC1. The van der Waals surface area contributed by atoms with E-state index in [1.54, 1.807) is 0 Å². The Morgan fingerprint density at radius 2 is 2.00 bits per heavy atom. The third-order valence-electron chi connectivity index (χ3n) is 2.66. The van der Waals surface area contributed by atoms with Crippen LogP contribution in [-0.2, 0) is 4.79 Å². The van der Waals surface area contributed by atoms with Crippen molar-refractivity contribution in [2.75, 3.05) is 6.54 Å². The first-order chi connectivity index (χ1) is 6.18. The van der Waals surface area contributed by atoms with Gasteiger partial charge in [-0.1, -0.05) is 26.7 Å². The molecule has 1 amide bonds. The highest BCUT2D eigenvalue weighted by Crippen LogP contribution is 2.27. The summed E-state index contributed by atoms with van der Waals surface area (Å²) in [7, 11) is 0. The van der Waals surface area contributed by atoms with E-state index in [0.29, 0.717) is 11.8 Å². The lowest BCUT2D eigenvalue weighted by Gasteiger charge is -2.10. The van der Waals surface area contributed by atoms with Crippen LogP contribution in [0.2, 0.25) is 0 Å². The van der Waals surface area contributed by atoms with Gasteiger partial charge in [0.05, 0.1) is 0 Å². The molecule has 1 rings (SSSR count). The van der Waals surface area contributed by atoms with Crippen LogP contribution in [0.1, 0.15) is 46.0 Å². The lowest BCUT2D eigenvalue weighted by molar-refractivity contribution is -0.122. The first-order valence-electron chi connectivity index (χ1n) is 5.45. The Bertz CT molecular complexity index is 159. The van der Waals surface area contributed by atoms with Crippen LogP contribution in [-0.4, -0.2) is 12.5 Å². The molecule has 1 aliphatic carbocycles. The van der Waals surface area contributed by atoms with E-state index < -0.39 is 0 Å². The quantitative estimate of drug-likeness (QED) is 0.712. The zero-order valence-electron chi connectivity index (χ0n) is 8.81. The number of hydrogen-bond acceptors (Lipinski definition) is 1. The van der Waals surface area contributed by atoms with Crippen LogP contribution in [0.5, 0.6) is 0 Å². The first-order valence-corrected chi connectivity index (χ1v) is 5.45. The first kappa shape index (κ1) is 10.6. The molecule has 0 aliphatic heterocycles. The van der Waals surface area contributed by atoms with Crippen LogP contribution >= 0.6 is 0 Å². The summed E-state index contributed by atoms with van der Waals surface area (Å²) in [6.07, 6.45) is 5.92. The smallest absolute Gasteiger partial charge is 0.220 e. The summed E-state index contributed by atoms with van der Waals surface area (Å²) < 4.78 is 0. The molecule has 0 atom stereocenters. The maximum atomic E-state index is 11.4. The normalized spacial score (nSPS) is 18.1. The van der Waals surface area contributed by atoms with Gasteiger partial charge in [-0.2, -0.15) is 0 Å². The Morgan fingerprint density at radius 1 is 1.38 bits per heavy atom. The molecule has 1 fully saturated rings. The number of carbonyl (C=O) groups is 1. The molecule has 2 nitrogen and oxygen atoms in total. The van der Waals surface area contributed by atoms with Crippen LogP contribution in [0.3, 0.4) is 0 Å². The predicted molar refractivity (Wildman–Crippen MR) is 54.4 cm³/mol. The molecule has 1 saturated carbocycles. The second-order valence-electron chi connectivity index (χ2n) is 4.55. The van der Waals surface area contributed by atoms with Gasteiger partial charge >= 0.3 is 0 Å². The summed E-state index contributed by atoms with van der Waals surface area (Å²) in [6.45, 7) is 5.07. The fourth-order valence-electron chi connectivity index (χ4n) is 1.87. The average Bonchev–Trinajstić information content (AvgIpc) is 2.53. The average molecular weight is 183 g/mol. The summed E-state index contributed by atoms with van der Waals surface area (Å²) >= 11 is 0. The number of amides is 1. The van der Waals surface area contributed by atoms with Crippen molar-refractivity contribution in [2.24, 2.45) is 11.8 Å². The van der Waals surface area contributed by atoms with E-state index in [9.17, 15) is 4.79 Å². The molecular formula is C11H21NO. The summed E-state index contributed by atoms with van der Waals surface area (Å²) in [5.74, 6) is 1.49. The highest BCUT2D eigenvalue weighted by molar-refractivity contribution is 5.76. The summed E-state index contributed by atoms with van der Waals surface area (Å²) in [5, 5.41) is 2.97. The molecule has 76 valence electrons. The Hall–Kier alpha value is -0.530. The van der Waals surface area contributed by atoms with Crippen molar-refractivity contribution >= 4 is 5.91 Å². The Morgan fingerprint density at radius 3 is 2.54 bits per heavy atom. The van der Waals surface area contributed by atoms with E-state index in [0.717, 1.165) is 13.0 Å². The zero-order valence-corrected chi connectivity index (χ0v) is 8.81. The molecule has 0 saturated heterocycles. The summed E-state index contributed by atoms with van der Waals surface area (Å²) in [4.78, 5) is 11.4. The highest BCUT2D eigenvalue weighted by atomic mass is 16.1. The fraction of sp³-hybridized carbons (Fsp3) is 0.909. The predicted octanol–water partition coefficient (Wildman–Crippen LogP) is 2.34. The van der Waals surface area contributed by atoms with Gasteiger partial charge in [0.2, 0.25) is 5.91 Å². The topological polar surface area (TPSA) is 29.1 Å². The third kappa shape index (κ3) is 4.30. The van der Waals surface area contributed by atoms with Gasteiger partial charge in [-0.25, -0.2) is 0 Å².